The molecule has 1 N–H and O–H groups in total. The van der Waals surface area contributed by atoms with Crippen LogP contribution in [0.5, 0.6) is 5.75 Å². The summed E-state index contributed by atoms with van der Waals surface area (Å²) in [5.74, 6) is 0.914. The Hall–Kier alpha value is -3.94. The molecule has 0 atom stereocenters. The molecule has 0 radical (unpaired) electrons. The van der Waals surface area contributed by atoms with E-state index in [-0.39, 0.29) is 31.2 Å². The number of carbonyl (C=O) groups excluding carboxylic acids is 1. The Kier molecular flexibility index (Phi) is 5.33. The molecule has 0 saturated heterocycles. The Morgan fingerprint density at radius 3 is 2.76 bits per heavy atom. The molecular weight excluding hydrogens is 370 g/mol. The van der Waals surface area contributed by atoms with E-state index in [1.165, 1.54) is 10.7 Å². The minimum atomic E-state index is -0.269. The number of rotatable bonds is 7. The van der Waals surface area contributed by atoms with Crippen molar-refractivity contribution >= 4 is 16.7 Å². The quantitative estimate of drug-likeness (QED) is 0.520. The number of hydrogen-bond acceptors (Lipinski definition) is 5. The molecule has 8 heteroatoms. The number of amides is 1. The number of fused-ring (bicyclic) bond motifs is 1. The van der Waals surface area contributed by atoms with Crippen molar-refractivity contribution in [2.45, 2.75) is 6.54 Å². The average Bonchev–Trinajstić information content (AvgIpc) is 3.28. The third-order valence-electron chi connectivity index (χ3n) is 4.35. The second-order valence-corrected chi connectivity index (χ2v) is 6.32. The normalized spacial score (nSPS) is 10.8. The van der Waals surface area contributed by atoms with Crippen LogP contribution in [0.25, 0.3) is 16.6 Å². The molecule has 2 heterocycles. The fraction of sp³-hybridized carbons (Fsp3) is 0.143. The van der Waals surface area contributed by atoms with Crippen molar-refractivity contribution < 1.29 is 9.53 Å². The summed E-state index contributed by atoms with van der Waals surface area (Å²) in [7, 11) is 0. The molecule has 0 fully saturated rings. The van der Waals surface area contributed by atoms with E-state index in [1.807, 2.05) is 42.5 Å². The van der Waals surface area contributed by atoms with Gasteiger partial charge >= 0.3 is 0 Å². The number of ether oxygens (including phenoxy) is 1. The standard InChI is InChI=1S/C21H19N5O3/c27-20(15-29-18-8-3-6-16-5-1-2-7-17(16)18)22-12-14-26-21(28)10-9-19(24-26)25-13-4-11-23-25/h1-11,13H,12,14-15H2,(H,22,27). The Morgan fingerprint density at radius 2 is 1.90 bits per heavy atom. The van der Waals surface area contributed by atoms with Gasteiger partial charge in [0.05, 0.1) is 6.54 Å². The van der Waals surface area contributed by atoms with E-state index in [9.17, 15) is 9.59 Å². The van der Waals surface area contributed by atoms with Gasteiger partial charge < -0.3 is 10.1 Å². The number of nitrogens with zero attached hydrogens (tertiary/aromatic N) is 4. The van der Waals surface area contributed by atoms with E-state index >= 15 is 0 Å². The minimum Gasteiger partial charge on any atom is -0.483 e. The van der Waals surface area contributed by atoms with Gasteiger partial charge in [-0.2, -0.15) is 5.10 Å². The van der Waals surface area contributed by atoms with Gasteiger partial charge in [-0.05, 0) is 23.6 Å². The first kappa shape index (κ1) is 18.4. The third-order valence-corrected chi connectivity index (χ3v) is 4.35. The molecule has 2 aromatic heterocycles. The first-order valence-corrected chi connectivity index (χ1v) is 9.16. The van der Waals surface area contributed by atoms with Gasteiger partial charge in [-0.3, -0.25) is 9.59 Å². The predicted molar refractivity (Wildman–Crippen MR) is 108 cm³/mol. The van der Waals surface area contributed by atoms with Gasteiger partial charge in [0.1, 0.15) is 5.75 Å². The fourth-order valence-electron chi connectivity index (χ4n) is 2.94. The summed E-state index contributed by atoms with van der Waals surface area (Å²) in [6.45, 7) is 0.394. The van der Waals surface area contributed by atoms with E-state index < -0.39 is 0 Å². The molecule has 0 bridgehead atoms. The summed E-state index contributed by atoms with van der Waals surface area (Å²) in [5, 5.41) is 13.1. The SMILES string of the molecule is O=C(COc1cccc2ccccc12)NCCn1nc(-n2cccn2)ccc1=O. The maximum Gasteiger partial charge on any atom is 0.266 e. The van der Waals surface area contributed by atoms with Crippen LogP contribution < -0.4 is 15.6 Å². The number of nitrogens with one attached hydrogen (secondary N) is 1. The van der Waals surface area contributed by atoms with E-state index in [0.29, 0.717) is 11.6 Å². The lowest BCUT2D eigenvalue weighted by atomic mass is 10.1. The molecule has 1 amide bonds. The Labute approximate surface area is 166 Å². The van der Waals surface area contributed by atoms with Crippen LogP contribution in [0.15, 0.2) is 77.9 Å². The topological polar surface area (TPSA) is 91.0 Å². The van der Waals surface area contributed by atoms with Crippen LogP contribution in [0.4, 0.5) is 0 Å². The van der Waals surface area contributed by atoms with Crippen LogP contribution in [0, 0.1) is 0 Å². The molecule has 4 rings (SSSR count). The molecular formula is C21H19N5O3. The molecule has 2 aromatic carbocycles. The lowest BCUT2D eigenvalue weighted by Gasteiger charge is -2.10. The summed E-state index contributed by atoms with van der Waals surface area (Å²) in [6.07, 6.45) is 3.37. The average molecular weight is 389 g/mol. The third kappa shape index (κ3) is 4.32. The molecule has 29 heavy (non-hydrogen) atoms. The Bertz CT molecular complexity index is 1180. The highest BCUT2D eigenvalue weighted by atomic mass is 16.5. The fourth-order valence-corrected chi connectivity index (χ4v) is 2.94. The van der Waals surface area contributed by atoms with Crippen LogP contribution in [-0.4, -0.2) is 38.6 Å². The minimum absolute atomic E-state index is 0.107. The molecule has 0 aliphatic heterocycles. The maximum atomic E-state index is 12.1. The lowest BCUT2D eigenvalue weighted by Crippen LogP contribution is -2.34. The zero-order valence-electron chi connectivity index (χ0n) is 15.6. The molecule has 146 valence electrons. The predicted octanol–water partition coefficient (Wildman–Crippen LogP) is 1.78. The molecule has 0 aliphatic carbocycles. The Balaban J connectivity index is 1.32. The molecule has 8 nitrogen and oxygen atoms in total. The molecule has 0 spiro atoms. The van der Waals surface area contributed by atoms with Gasteiger partial charge in [0.15, 0.2) is 12.4 Å². The van der Waals surface area contributed by atoms with E-state index in [1.54, 1.807) is 29.2 Å². The highest BCUT2D eigenvalue weighted by molar-refractivity contribution is 5.88. The van der Waals surface area contributed by atoms with Crippen molar-refractivity contribution in [3.8, 4) is 11.6 Å². The zero-order chi connectivity index (χ0) is 20.1. The summed E-state index contributed by atoms with van der Waals surface area (Å²) >= 11 is 0. The van der Waals surface area contributed by atoms with Crippen LogP contribution in [-0.2, 0) is 11.3 Å². The molecule has 0 saturated carbocycles. The van der Waals surface area contributed by atoms with Crippen molar-refractivity contribution in [1.82, 2.24) is 24.9 Å². The van der Waals surface area contributed by atoms with Crippen molar-refractivity contribution in [2.24, 2.45) is 0 Å². The number of benzene rings is 2. The molecule has 4 aromatic rings. The maximum absolute atomic E-state index is 12.1. The van der Waals surface area contributed by atoms with Gasteiger partial charge in [-0.15, -0.1) is 5.10 Å². The second-order valence-electron chi connectivity index (χ2n) is 6.32. The largest absolute Gasteiger partial charge is 0.483 e. The van der Waals surface area contributed by atoms with Gasteiger partial charge in [0.2, 0.25) is 0 Å². The summed E-state index contributed by atoms with van der Waals surface area (Å²) < 4.78 is 8.52. The van der Waals surface area contributed by atoms with Gasteiger partial charge in [0, 0.05) is 30.4 Å². The van der Waals surface area contributed by atoms with Crippen molar-refractivity contribution in [3.63, 3.8) is 0 Å². The molecule has 0 aliphatic rings. The Morgan fingerprint density at radius 1 is 1.03 bits per heavy atom. The zero-order valence-corrected chi connectivity index (χ0v) is 15.6. The van der Waals surface area contributed by atoms with Gasteiger partial charge in [-0.25, -0.2) is 9.36 Å². The number of aromatic nitrogens is 4. The second kappa shape index (κ2) is 8.39. The highest BCUT2D eigenvalue weighted by Crippen LogP contribution is 2.24. The first-order valence-electron chi connectivity index (χ1n) is 9.16. The van der Waals surface area contributed by atoms with Gasteiger partial charge in [-0.1, -0.05) is 36.4 Å². The number of carbonyl (C=O) groups is 1. The van der Waals surface area contributed by atoms with Crippen LogP contribution in [0.2, 0.25) is 0 Å². The van der Waals surface area contributed by atoms with Crippen LogP contribution in [0.1, 0.15) is 0 Å². The monoisotopic (exact) mass is 389 g/mol. The van der Waals surface area contributed by atoms with E-state index in [4.69, 9.17) is 4.74 Å². The highest BCUT2D eigenvalue weighted by Gasteiger charge is 2.07. The lowest BCUT2D eigenvalue weighted by molar-refractivity contribution is -0.123. The van der Waals surface area contributed by atoms with E-state index in [2.05, 4.69) is 15.5 Å². The number of hydrogen-bond donors (Lipinski definition) is 1. The van der Waals surface area contributed by atoms with Crippen molar-refractivity contribution in [3.05, 3.63) is 83.4 Å². The summed E-state index contributed by atoms with van der Waals surface area (Å²) in [4.78, 5) is 24.1. The van der Waals surface area contributed by atoms with Crippen LogP contribution in [0.3, 0.4) is 0 Å². The van der Waals surface area contributed by atoms with E-state index in [0.717, 1.165) is 10.8 Å². The van der Waals surface area contributed by atoms with Gasteiger partial charge in [0.25, 0.3) is 11.5 Å². The van der Waals surface area contributed by atoms with Crippen LogP contribution >= 0.6 is 0 Å². The van der Waals surface area contributed by atoms with Crippen molar-refractivity contribution in [1.29, 1.82) is 0 Å². The summed E-state index contributed by atoms with van der Waals surface area (Å²) in [6, 6.07) is 18.3. The first-order chi connectivity index (χ1) is 14.2. The smallest absolute Gasteiger partial charge is 0.266 e. The van der Waals surface area contributed by atoms with Crippen molar-refractivity contribution in [2.75, 3.05) is 13.2 Å². The summed E-state index contributed by atoms with van der Waals surface area (Å²) in [5.41, 5.74) is -0.248. The molecule has 0 unspecified atom stereocenters.